The molecule has 0 aromatic heterocycles. The molecule has 1 aromatic carbocycles. The number of hydrogen-bond acceptors (Lipinski definition) is 3. The van der Waals surface area contributed by atoms with Gasteiger partial charge in [-0.2, -0.15) is 4.31 Å². The average molecular weight is 329 g/mol. The van der Waals surface area contributed by atoms with E-state index in [2.05, 4.69) is 0 Å². The van der Waals surface area contributed by atoms with Gasteiger partial charge in [-0.25, -0.2) is 8.42 Å². The van der Waals surface area contributed by atoms with Gasteiger partial charge in [-0.05, 0) is 55.7 Å². The minimum absolute atomic E-state index is 0.224. The van der Waals surface area contributed by atoms with Gasteiger partial charge in [0.25, 0.3) is 0 Å². The molecule has 1 saturated carbocycles. The molecular formula is C15H21ClN2O2S. The van der Waals surface area contributed by atoms with Crippen molar-refractivity contribution < 1.29 is 8.42 Å². The van der Waals surface area contributed by atoms with E-state index < -0.39 is 10.0 Å². The Labute approximate surface area is 131 Å². The van der Waals surface area contributed by atoms with E-state index in [0.29, 0.717) is 34.8 Å². The first kappa shape index (κ1) is 15.3. The lowest BCUT2D eigenvalue weighted by molar-refractivity contribution is 0.271. The smallest absolute Gasteiger partial charge is 0.243 e. The van der Waals surface area contributed by atoms with Crippen molar-refractivity contribution in [2.24, 2.45) is 17.6 Å². The molecule has 2 N–H and O–H groups in total. The molecular weight excluding hydrogens is 308 g/mol. The van der Waals surface area contributed by atoms with Gasteiger partial charge >= 0.3 is 0 Å². The van der Waals surface area contributed by atoms with Crippen molar-refractivity contribution in [3.05, 3.63) is 28.8 Å². The van der Waals surface area contributed by atoms with E-state index in [1.54, 1.807) is 22.5 Å². The summed E-state index contributed by atoms with van der Waals surface area (Å²) in [5, 5.41) is 0.456. The fraction of sp³-hybridized carbons (Fsp3) is 0.600. The van der Waals surface area contributed by atoms with E-state index in [1.165, 1.54) is 0 Å². The second kappa shape index (κ2) is 5.54. The molecule has 116 valence electrons. The Morgan fingerprint density at radius 1 is 1.24 bits per heavy atom. The largest absolute Gasteiger partial charge is 0.328 e. The highest BCUT2D eigenvalue weighted by Crippen LogP contribution is 2.38. The molecule has 1 aromatic rings. The number of sulfonamides is 1. The van der Waals surface area contributed by atoms with Gasteiger partial charge in [0.15, 0.2) is 0 Å². The summed E-state index contributed by atoms with van der Waals surface area (Å²) in [7, 11) is -3.46. The van der Waals surface area contributed by atoms with Crippen molar-refractivity contribution >= 4 is 21.6 Å². The molecule has 21 heavy (non-hydrogen) atoms. The first-order chi connectivity index (χ1) is 9.88. The molecule has 2 aliphatic rings. The van der Waals surface area contributed by atoms with Crippen molar-refractivity contribution in [1.29, 1.82) is 0 Å². The van der Waals surface area contributed by atoms with Crippen molar-refractivity contribution in [1.82, 2.24) is 4.31 Å². The Morgan fingerprint density at radius 2 is 1.95 bits per heavy atom. The van der Waals surface area contributed by atoms with E-state index >= 15 is 0 Å². The standard InChI is InChI=1S/C15H21ClN2O2S/c1-10-2-4-13(16)7-15(10)21(19,20)18-8-11-3-5-14(17)6-12(11)9-18/h2,4,7,11-12,14H,3,5-6,8-9,17H2,1H3/t11-,12+,14?/m1/s1. The fourth-order valence-electron chi connectivity index (χ4n) is 3.61. The van der Waals surface area contributed by atoms with Crippen molar-refractivity contribution in [3.8, 4) is 0 Å². The number of nitrogens with zero attached hydrogens (tertiary/aromatic N) is 1. The summed E-state index contributed by atoms with van der Waals surface area (Å²) in [6, 6.07) is 5.26. The van der Waals surface area contributed by atoms with Crippen molar-refractivity contribution in [2.75, 3.05) is 13.1 Å². The van der Waals surface area contributed by atoms with Gasteiger partial charge in [0, 0.05) is 24.2 Å². The molecule has 4 nitrogen and oxygen atoms in total. The molecule has 1 saturated heterocycles. The highest BCUT2D eigenvalue weighted by molar-refractivity contribution is 7.89. The second-order valence-corrected chi connectivity index (χ2v) is 8.67. The molecule has 1 aliphatic carbocycles. The summed E-state index contributed by atoms with van der Waals surface area (Å²) >= 11 is 5.97. The zero-order valence-corrected chi connectivity index (χ0v) is 13.7. The molecule has 1 aliphatic heterocycles. The number of nitrogens with two attached hydrogens (primary N) is 1. The van der Waals surface area contributed by atoms with Gasteiger partial charge in [-0.3, -0.25) is 0 Å². The Morgan fingerprint density at radius 3 is 2.71 bits per heavy atom. The fourth-order valence-corrected chi connectivity index (χ4v) is 5.65. The number of hydrogen-bond donors (Lipinski definition) is 1. The molecule has 0 amide bonds. The van der Waals surface area contributed by atoms with Crippen molar-refractivity contribution in [3.63, 3.8) is 0 Å². The quantitative estimate of drug-likeness (QED) is 0.906. The lowest BCUT2D eigenvalue weighted by Crippen LogP contribution is -2.32. The van der Waals surface area contributed by atoms with Crippen LogP contribution in [0.5, 0.6) is 0 Å². The van der Waals surface area contributed by atoms with Gasteiger partial charge in [0.2, 0.25) is 10.0 Å². The topological polar surface area (TPSA) is 63.4 Å². The summed E-state index contributed by atoms with van der Waals surface area (Å²) in [4.78, 5) is 0.331. The molecule has 2 fully saturated rings. The molecule has 6 heteroatoms. The SMILES string of the molecule is Cc1ccc(Cl)cc1S(=O)(=O)N1C[C@H]2CCC(N)C[C@H]2C1. The summed E-state index contributed by atoms with van der Waals surface area (Å²) in [6.07, 6.45) is 2.98. The van der Waals surface area contributed by atoms with E-state index in [-0.39, 0.29) is 6.04 Å². The minimum atomic E-state index is -3.46. The maximum absolute atomic E-state index is 12.9. The third kappa shape index (κ3) is 2.84. The van der Waals surface area contributed by atoms with Crippen LogP contribution in [0.1, 0.15) is 24.8 Å². The van der Waals surface area contributed by atoms with Gasteiger partial charge in [0.1, 0.15) is 0 Å². The highest BCUT2D eigenvalue weighted by atomic mass is 35.5. The maximum atomic E-state index is 12.9. The van der Waals surface area contributed by atoms with Gasteiger partial charge < -0.3 is 5.73 Å². The van der Waals surface area contributed by atoms with Crippen LogP contribution in [0, 0.1) is 18.8 Å². The third-order valence-corrected chi connectivity index (χ3v) is 7.03. The predicted molar refractivity (Wildman–Crippen MR) is 83.8 cm³/mol. The molecule has 3 atom stereocenters. The Balaban J connectivity index is 1.88. The lowest BCUT2D eigenvalue weighted by Gasteiger charge is -2.28. The first-order valence-electron chi connectivity index (χ1n) is 7.40. The van der Waals surface area contributed by atoms with Crippen LogP contribution >= 0.6 is 11.6 Å². The van der Waals surface area contributed by atoms with Crippen LogP contribution in [0.25, 0.3) is 0 Å². The van der Waals surface area contributed by atoms with E-state index in [9.17, 15) is 8.42 Å². The number of benzene rings is 1. The minimum Gasteiger partial charge on any atom is -0.328 e. The zero-order valence-electron chi connectivity index (χ0n) is 12.1. The first-order valence-corrected chi connectivity index (χ1v) is 9.21. The molecule has 3 rings (SSSR count). The monoisotopic (exact) mass is 328 g/mol. The van der Waals surface area contributed by atoms with Gasteiger partial charge in [-0.1, -0.05) is 17.7 Å². The van der Waals surface area contributed by atoms with Crippen molar-refractivity contribution in [2.45, 2.75) is 37.1 Å². The van der Waals surface area contributed by atoms with E-state index in [4.69, 9.17) is 17.3 Å². The molecule has 0 radical (unpaired) electrons. The molecule has 0 bridgehead atoms. The van der Waals surface area contributed by atoms with E-state index in [0.717, 1.165) is 24.8 Å². The summed E-state index contributed by atoms with van der Waals surface area (Å²) in [5.41, 5.74) is 6.76. The van der Waals surface area contributed by atoms with Gasteiger partial charge in [0.05, 0.1) is 4.90 Å². The van der Waals surface area contributed by atoms with Crippen LogP contribution in [0.2, 0.25) is 5.02 Å². The summed E-state index contributed by atoms with van der Waals surface area (Å²) < 4.78 is 27.4. The Kier molecular flexibility index (Phi) is 4.03. The maximum Gasteiger partial charge on any atom is 0.243 e. The lowest BCUT2D eigenvalue weighted by atomic mass is 9.79. The Hall–Kier alpha value is -0.620. The Bertz CT molecular complexity index is 647. The normalized spacial score (nSPS) is 30.3. The predicted octanol–water partition coefficient (Wildman–Crippen LogP) is 2.40. The highest BCUT2D eigenvalue weighted by Gasteiger charge is 2.42. The van der Waals surface area contributed by atoms with Crippen LogP contribution < -0.4 is 5.73 Å². The van der Waals surface area contributed by atoms with Gasteiger partial charge in [-0.15, -0.1) is 0 Å². The number of halogens is 1. The van der Waals surface area contributed by atoms with Crippen LogP contribution in [-0.2, 0) is 10.0 Å². The average Bonchev–Trinajstić information content (AvgIpc) is 2.85. The molecule has 1 unspecified atom stereocenters. The number of aryl methyl sites for hydroxylation is 1. The van der Waals surface area contributed by atoms with Crippen LogP contribution in [0.15, 0.2) is 23.1 Å². The van der Waals surface area contributed by atoms with Crippen LogP contribution in [0.4, 0.5) is 0 Å². The summed E-state index contributed by atoms with van der Waals surface area (Å²) in [6.45, 7) is 3.01. The third-order valence-electron chi connectivity index (χ3n) is 4.82. The van der Waals surface area contributed by atoms with E-state index in [1.807, 2.05) is 6.92 Å². The summed E-state index contributed by atoms with van der Waals surface area (Å²) in [5.74, 6) is 0.863. The second-order valence-electron chi connectivity index (χ2n) is 6.33. The van der Waals surface area contributed by atoms with Crippen LogP contribution in [-0.4, -0.2) is 31.9 Å². The van der Waals surface area contributed by atoms with Crippen LogP contribution in [0.3, 0.4) is 0 Å². The number of rotatable bonds is 2. The number of fused-ring (bicyclic) bond motifs is 1. The molecule has 1 heterocycles. The zero-order chi connectivity index (χ0) is 15.2. The molecule has 0 spiro atoms.